The zero-order valence-electron chi connectivity index (χ0n) is 11.8. The lowest BCUT2D eigenvalue weighted by molar-refractivity contribution is 0.407. The van der Waals surface area contributed by atoms with Crippen molar-refractivity contribution >= 4 is 15.9 Å². The van der Waals surface area contributed by atoms with E-state index in [2.05, 4.69) is 32.6 Å². The predicted octanol–water partition coefficient (Wildman–Crippen LogP) is 2.59. The van der Waals surface area contributed by atoms with Crippen molar-refractivity contribution in [3.63, 3.8) is 0 Å². The lowest BCUT2D eigenvalue weighted by Gasteiger charge is -2.16. The van der Waals surface area contributed by atoms with Gasteiger partial charge in [0.05, 0.1) is 7.11 Å². The molecule has 106 valence electrons. The SMILES string of the molecule is CNCC1(CNCCc2cc(Br)ccc2OC)CC1. The number of ether oxygens (including phenoxy) is 1. The molecule has 2 N–H and O–H groups in total. The Balaban J connectivity index is 1.78. The van der Waals surface area contributed by atoms with E-state index in [0.29, 0.717) is 5.41 Å². The molecule has 0 saturated heterocycles. The first-order chi connectivity index (χ1) is 9.19. The minimum Gasteiger partial charge on any atom is -0.496 e. The molecule has 0 atom stereocenters. The number of halogens is 1. The molecular weight excluding hydrogens is 304 g/mol. The highest BCUT2D eigenvalue weighted by Gasteiger charge is 2.41. The quantitative estimate of drug-likeness (QED) is 0.720. The van der Waals surface area contributed by atoms with Crippen LogP contribution in [0, 0.1) is 5.41 Å². The highest BCUT2D eigenvalue weighted by atomic mass is 79.9. The zero-order chi connectivity index (χ0) is 13.7. The van der Waals surface area contributed by atoms with Crippen molar-refractivity contribution < 1.29 is 4.74 Å². The summed E-state index contributed by atoms with van der Waals surface area (Å²) in [5.41, 5.74) is 1.78. The van der Waals surface area contributed by atoms with E-state index in [1.165, 1.54) is 18.4 Å². The summed E-state index contributed by atoms with van der Waals surface area (Å²) in [6.45, 7) is 3.24. The number of rotatable bonds is 8. The molecule has 2 rings (SSSR count). The number of benzene rings is 1. The van der Waals surface area contributed by atoms with E-state index in [0.717, 1.165) is 36.3 Å². The Morgan fingerprint density at radius 3 is 2.74 bits per heavy atom. The van der Waals surface area contributed by atoms with Gasteiger partial charge in [-0.15, -0.1) is 0 Å². The lowest BCUT2D eigenvalue weighted by atomic mass is 10.1. The summed E-state index contributed by atoms with van der Waals surface area (Å²) < 4.78 is 6.50. The van der Waals surface area contributed by atoms with Gasteiger partial charge in [0.2, 0.25) is 0 Å². The van der Waals surface area contributed by atoms with Gasteiger partial charge in [-0.3, -0.25) is 0 Å². The minimum absolute atomic E-state index is 0.524. The van der Waals surface area contributed by atoms with Gasteiger partial charge in [-0.25, -0.2) is 0 Å². The summed E-state index contributed by atoms with van der Waals surface area (Å²) in [4.78, 5) is 0. The maximum absolute atomic E-state index is 5.39. The number of nitrogens with one attached hydrogen (secondary N) is 2. The third-order valence-corrected chi connectivity index (χ3v) is 4.32. The molecule has 0 amide bonds. The van der Waals surface area contributed by atoms with Crippen LogP contribution in [0.1, 0.15) is 18.4 Å². The number of hydrogen-bond acceptors (Lipinski definition) is 3. The van der Waals surface area contributed by atoms with E-state index < -0.39 is 0 Å². The summed E-state index contributed by atoms with van der Waals surface area (Å²) in [6.07, 6.45) is 3.69. The fraction of sp³-hybridized carbons (Fsp3) is 0.600. The van der Waals surface area contributed by atoms with Crippen LogP contribution in [0.2, 0.25) is 0 Å². The minimum atomic E-state index is 0.524. The monoisotopic (exact) mass is 326 g/mol. The second kappa shape index (κ2) is 6.73. The van der Waals surface area contributed by atoms with Gasteiger partial charge in [-0.05, 0) is 62.0 Å². The third kappa shape index (κ3) is 4.20. The molecule has 1 aromatic carbocycles. The van der Waals surface area contributed by atoms with Crippen LogP contribution in [0.25, 0.3) is 0 Å². The van der Waals surface area contributed by atoms with E-state index >= 15 is 0 Å². The molecule has 4 heteroatoms. The number of methoxy groups -OCH3 is 1. The Kier molecular flexibility index (Phi) is 5.25. The van der Waals surface area contributed by atoms with Crippen LogP contribution in [0.4, 0.5) is 0 Å². The first-order valence-corrected chi connectivity index (χ1v) is 7.66. The van der Waals surface area contributed by atoms with Gasteiger partial charge in [0, 0.05) is 17.6 Å². The summed E-state index contributed by atoms with van der Waals surface area (Å²) in [7, 11) is 3.76. The van der Waals surface area contributed by atoms with Gasteiger partial charge in [0.25, 0.3) is 0 Å². The predicted molar refractivity (Wildman–Crippen MR) is 82.9 cm³/mol. The maximum Gasteiger partial charge on any atom is 0.122 e. The fourth-order valence-corrected chi connectivity index (χ4v) is 2.90. The molecule has 1 saturated carbocycles. The molecule has 0 spiro atoms. The molecular formula is C15H23BrN2O. The average molecular weight is 327 g/mol. The van der Waals surface area contributed by atoms with Crippen LogP contribution in [-0.2, 0) is 6.42 Å². The second-order valence-electron chi connectivity index (χ2n) is 5.41. The van der Waals surface area contributed by atoms with Crippen molar-refractivity contribution in [3.05, 3.63) is 28.2 Å². The van der Waals surface area contributed by atoms with Gasteiger partial charge in [-0.1, -0.05) is 15.9 Å². The van der Waals surface area contributed by atoms with Crippen molar-refractivity contribution in [2.24, 2.45) is 5.41 Å². The molecule has 0 aromatic heterocycles. The molecule has 1 aliphatic carbocycles. The van der Waals surface area contributed by atoms with Crippen LogP contribution in [-0.4, -0.2) is 33.8 Å². The molecule has 1 aliphatic rings. The average Bonchev–Trinajstić information content (AvgIpc) is 3.16. The highest BCUT2D eigenvalue weighted by molar-refractivity contribution is 9.10. The van der Waals surface area contributed by atoms with Gasteiger partial charge in [-0.2, -0.15) is 0 Å². The third-order valence-electron chi connectivity index (χ3n) is 3.82. The summed E-state index contributed by atoms with van der Waals surface area (Å²) in [6, 6.07) is 6.17. The summed E-state index contributed by atoms with van der Waals surface area (Å²) in [5.74, 6) is 0.973. The van der Waals surface area contributed by atoms with E-state index in [4.69, 9.17) is 4.74 Å². The Labute approximate surface area is 124 Å². The van der Waals surface area contributed by atoms with Crippen LogP contribution in [0.15, 0.2) is 22.7 Å². The van der Waals surface area contributed by atoms with Crippen LogP contribution in [0.3, 0.4) is 0 Å². The Bertz CT molecular complexity index is 419. The standard InChI is InChI=1S/C15H23BrN2O/c1-17-10-15(6-7-15)11-18-8-5-12-9-13(16)3-4-14(12)19-2/h3-4,9,17-18H,5-8,10-11H2,1-2H3. The maximum atomic E-state index is 5.39. The van der Waals surface area contributed by atoms with Crippen molar-refractivity contribution in [1.29, 1.82) is 0 Å². The van der Waals surface area contributed by atoms with Gasteiger partial charge in [0.1, 0.15) is 5.75 Å². The first kappa shape index (κ1) is 14.8. The van der Waals surface area contributed by atoms with Gasteiger partial charge >= 0.3 is 0 Å². The highest BCUT2D eigenvalue weighted by Crippen LogP contribution is 2.44. The van der Waals surface area contributed by atoms with Gasteiger partial charge < -0.3 is 15.4 Å². The molecule has 0 radical (unpaired) electrons. The number of hydrogen-bond donors (Lipinski definition) is 2. The Morgan fingerprint density at radius 2 is 2.11 bits per heavy atom. The van der Waals surface area contributed by atoms with E-state index in [1.54, 1.807) is 7.11 Å². The van der Waals surface area contributed by atoms with Crippen molar-refractivity contribution in [2.45, 2.75) is 19.3 Å². The van der Waals surface area contributed by atoms with Crippen LogP contribution >= 0.6 is 15.9 Å². The lowest BCUT2D eigenvalue weighted by Crippen LogP contribution is -2.32. The molecule has 19 heavy (non-hydrogen) atoms. The van der Waals surface area contributed by atoms with Crippen molar-refractivity contribution in [1.82, 2.24) is 10.6 Å². The molecule has 0 unspecified atom stereocenters. The summed E-state index contributed by atoms with van der Waals surface area (Å²) >= 11 is 3.51. The van der Waals surface area contributed by atoms with E-state index in [-0.39, 0.29) is 0 Å². The zero-order valence-corrected chi connectivity index (χ0v) is 13.3. The van der Waals surface area contributed by atoms with Crippen LogP contribution in [0.5, 0.6) is 5.75 Å². The van der Waals surface area contributed by atoms with E-state index in [1.807, 2.05) is 19.2 Å². The molecule has 0 aliphatic heterocycles. The molecule has 1 aromatic rings. The van der Waals surface area contributed by atoms with Gasteiger partial charge in [0.15, 0.2) is 0 Å². The second-order valence-corrected chi connectivity index (χ2v) is 6.33. The van der Waals surface area contributed by atoms with Crippen molar-refractivity contribution in [2.75, 3.05) is 33.8 Å². The topological polar surface area (TPSA) is 33.3 Å². The van der Waals surface area contributed by atoms with Crippen molar-refractivity contribution in [3.8, 4) is 5.75 Å². The molecule has 0 heterocycles. The van der Waals surface area contributed by atoms with Crippen LogP contribution < -0.4 is 15.4 Å². The molecule has 3 nitrogen and oxygen atoms in total. The normalized spacial score (nSPS) is 16.4. The summed E-state index contributed by atoms with van der Waals surface area (Å²) in [5, 5.41) is 6.87. The first-order valence-electron chi connectivity index (χ1n) is 6.87. The Morgan fingerprint density at radius 1 is 1.32 bits per heavy atom. The van der Waals surface area contributed by atoms with E-state index in [9.17, 15) is 0 Å². The Hall–Kier alpha value is -0.580. The largest absolute Gasteiger partial charge is 0.496 e. The fourth-order valence-electron chi connectivity index (χ4n) is 2.49. The smallest absolute Gasteiger partial charge is 0.122 e. The molecule has 0 bridgehead atoms. The molecule has 1 fully saturated rings.